The van der Waals surface area contributed by atoms with Crippen molar-refractivity contribution in [3.8, 4) is 5.75 Å². The lowest BCUT2D eigenvalue weighted by Gasteiger charge is -2.19. The molecule has 0 unspecified atom stereocenters. The second kappa shape index (κ2) is 12.2. The van der Waals surface area contributed by atoms with E-state index in [1.807, 2.05) is 0 Å². The van der Waals surface area contributed by atoms with Gasteiger partial charge >= 0.3 is 6.09 Å². The number of halogens is 2. The van der Waals surface area contributed by atoms with Crippen molar-refractivity contribution in [1.29, 1.82) is 0 Å². The van der Waals surface area contributed by atoms with Gasteiger partial charge in [-0.2, -0.15) is 0 Å². The second-order valence-electron chi connectivity index (χ2n) is 8.07. The van der Waals surface area contributed by atoms with E-state index in [9.17, 15) is 24.5 Å². The smallest absolute Gasteiger partial charge is 0.407 e. The Morgan fingerprint density at radius 1 is 1.06 bits per heavy atom. The van der Waals surface area contributed by atoms with Gasteiger partial charge in [-0.15, -0.1) is 0 Å². The van der Waals surface area contributed by atoms with Crippen LogP contribution in [0.4, 0.5) is 16.2 Å². The first-order chi connectivity index (χ1) is 16.4. The molecule has 0 atom stereocenters. The molecular formula is C22H24Cl2N4O7. The lowest BCUT2D eigenvalue weighted by Crippen LogP contribution is -2.35. The summed E-state index contributed by atoms with van der Waals surface area (Å²) >= 11 is 12.0. The summed E-state index contributed by atoms with van der Waals surface area (Å²) in [5, 5.41) is 18.5. The highest BCUT2D eigenvalue weighted by Gasteiger charge is 2.18. The highest BCUT2D eigenvalue weighted by Crippen LogP contribution is 2.26. The van der Waals surface area contributed by atoms with Gasteiger partial charge in [0.15, 0.2) is 0 Å². The highest BCUT2D eigenvalue weighted by atomic mass is 35.5. The molecule has 0 saturated carbocycles. The zero-order valence-corrected chi connectivity index (χ0v) is 20.7. The molecule has 13 heteroatoms. The quantitative estimate of drug-likeness (QED) is 0.252. The molecule has 3 N–H and O–H groups in total. The van der Waals surface area contributed by atoms with Crippen LogP contribution in [0.3, 0.4) is 0 Å². The van der Waals surface area contributed by atoms with Crippen LogP contribution in [0.25, 0.3) is 0 Å². The Hall–Kier alpha value is -3.57. The summed E-state index contributed by atoms with van der Waals surface area (Å²) in [6.45, 7) is 4.96. The lowest BCUT2D eigenvalue weighted by molar-refractivity contribution is -0.384. The fourth-order valence-corrected chi connectivity index (χ4v) is 3.00. The topological polar surface area (TPSA) is 149 Å². The fourth-order valence-electron chi connectivity index (χ4n) is 2.60. The zero-order valence-electron chi connectivity index (χ0n) is 19.1. The van der Waals surface area contributed by atoms with Gasteiger partial charge in [0, 0.05) is 17.2 Å². The molecule has 3 amide bonds. The molecule has 0 aliphatic carbocycles. The molecule has 11 nitrogen and oxygen atoms in total. The second-order valence-corrected chi connectivity index (χ2v) is 8.91. The van der Waals surface area contributed by atoms with E-state index in [0.29, 0.717) is 0 Å². The van der Waals surface area contributed by atoms with E-state index < -0.39 is 35.0 Å². The van der Waals surface area contributed by atoms with Gasteiger partial charge in [0.2, 0.25) is 5.91 Å². The Bertz CT molecular complexity index is 1120. The molecule has 0 aliphatic rings. The number of benzene rings is 2. The van der Waals surface area contributed by atoms with Gasteiger partial charge < -0.3 is 25.4 Å². The molecule has 0 aromatic heterocycles. The van der Waals surface area contributed by atoms with Crippen LogP contribution in [0.2, 0.25) is 10.0 Å². The van der Waals surface area contributed by atoms with E-state index in [0.717, 1.165) is 6.07 Å². The molecule has 2 aromatic rings. The Morgan fingerprint density at radius 2 is 1.77 bits per heavy atom. The summed E-state index contributed by atoms with van der Waals surface area (Å²) in [5.74, 6) is -1.05. The standard InChI is InChI=1S/C22H24Cl2N4O7/c1-22(2,3)35-21(31)25-8-9-34-18-7-4-13(23)10-15(18)20(30)26-12-19(29)27-17-6-5-14(28(32)33)11-16(17)24/h4-7,10-11H,8-9,12H2,1-3H3,(H,25,31)(H,26,30)(H,27,29). The van der Waals surface area contributed by atoms with Crippen molar-refractivity contribution in [3.05, 3.63) is 62.1 Å². The number of nitro groups is 1. The van der Waals surface area contributed by atoms with Gasteiger partial charge in [0.1, 0.15) is 18.0 Å². The van der Waals surface area contributed by atoms with Gasteiger partial charge in [-0.05, 0) is 45.0 Å². The molecule has 35 heavy (non-hydrogen) atoms. The summed E-state index contributed by atoms with van der Waals surface area (Å²) in [6, 6.07) is 7.96. The SMILES string of the molecule is CC(C)(C)OC(=O)NCCOc1ccc(Cl)cc1C(=O)NCC(=O)Nc1ccc([N+](=O)[O-])cc1Cl. The number of hydrogen-bond donors (Lipinski definition) is 3. The number of rotatable bonds is 9. The Kier molecular flexibility index (Phi) is 9.67. The van der Waals surface area contributed by atoms with Gasteiger partial charge in [-0.3, -0.25) is 19.7 Å². The lowest BCUT2D eigenvalue weighted by atomic mass is 10.2. The van der Waals surface area contributed by atoms with Crippen molar-refractivity contribution in [2.75, 3.05) is 25.0 Å². The number of nitrogens with zero attached hydrogens (tertiary/aromatic N) is 1. The number of carbonyl (C=O) groups excluding carboxylic acids is 3. The molecule has 0 fully saturated rings. The van der Waals surface area contributed by atoms with Crippen LogP contribution in [0.15, 0.2) is 36.4 Å². The van der Waals surface area contributed by atoms with Gasteiger partial charge in [-0.25, -0.2) is 4.79 Å². The largest absolute Gasteiger partial charge is 0.491 e. The predicted octanol–water partition coefficient (Wildman–Crippen LogP) is 4.17. The van der Waals surface area contributed by atoms with E-state index in [4.69, 9.17) is 32.7 Å². The maximum atomic E-state index is 12.6. The van der Waals surface area contributed by atoms with Crippen molar-refractivity contribution < 1.29 is 28.8 Å². The molecule has 188 valence electrons. The molecule has 0 spiro atoms. The Labute approximate surface area is 211 Å². The van der Waals surface area contributed by atoms with E-state index in [1.165, 1.54) is 30.3 Å². The number of hydrogen-bond acceptors (Lipinski definition) is 7. The number of ether oxygens (including phenoxy) is 2. The summed E-state index contributed by atoms with van der Waals surface area (Å²) in [7, 11) is 0. The maximum absolute atomic E-state index is 12.6. The zero-order chi connectivity index (χ0) is 26.2. The molecular weight excluding hydrogens is 503 g/mol. The van der Waals surface area contributed by atoms with Crippen LogP contribution in [0, 0.1) is 10.1 Å². The monoisotopic (exact) mass is 526 g/mol. The number of alkyl carbamates (subject to hydrolysis) is 1. The van der Waals surface area contributed by atoms with Gasteiger partial charge in [-0.1, -0.05) is 23.2 Å². The van der Waals surface area contributed by atoms with Crippen LogP contribution in [0.5, 0.6) is 5.75 Å². The third-order valence-corrected chi connectivity index (χ3v) is 4.61. The number of non-ortho nitro benzene ring substituents is 1. The van der Waals surface area contributed by atoms with Crippen LogP contribution in [-0.4, -0.2) is 48.1 Å². The average molecular weight is 527 g/mol. The number of anilines is 1. The predicted molar refractivity (Wildman–Crippen MR) is 130 cm³/mol. The Morgan fingerprint density at radius 3 is 2.40 bits per heavy atom. The highest BCUT2D eigenvalue weighted by molar-refractivity contribution is 6.34. The van der Waals surface area contributed by atoms with Gasteiger partial charge in [0.25, 0.3) is 11.6 Å². The van der Waals surface area contributed by atoms with E-state index in [-0.39, 0.29) is 45.9 Å². The third-order valence-electron chi connectivity index (χ3n) is 4.06. The van der Waals surface area contributed by atoms with Crippen molar-refractivity contribution in [2.45, 2.75) is 26.4 Å². The van der Waals surface area contributed by atoms with Gasteiger partial charge in [0.05, 0.1) is 34.3 Å². The molecule has 2 aromatic carbocycles. The summed E-state index contributed by atoms with van der Waals surface area (Å²) < 4.78 is 10.7. The van der Waals surface area contributed by atoms with Crippen molar-refractivity contribution in [1.82, 2.24) is 10.6 Å². The average Bonchev–Trinajstić information content (AvgIpc) is 2.75. The minimum Gasteiger partial charge on any atom is -0.491 e. The van der Waals surface area contributed by atoms with E-state index >= 15 is 0 Å². The maximum Gasteiger partial charge on any atom is 0.407 e. The molecule has 0 radical (unpaired) electrons. The number of nitrogens with one attached hydrogen (secondary N) is 3. The van der Waals surface area contributed by atoms with Crippen LogP contribution in [-0.2, 0) is 9.53 Å². The molecule has 0 heterocycles. The fraction of sp³-hybridized carbons (Fsp3) is 0.318. The van der Waals surface area contributed by atoms with Crippen LogP contribution >= 0.6 is 23.2 Å². The third kappa shape index (κ3) is 9.30. The van der Waals surface area contributed by atoms with E-state index in [2.05, 4.69) is 16.0 Å². The Balaban J connectivity index is 1.92. The van der Waals surface area contributed by atoms with E-state index in [1.54, 1.807) is 20.8 Å². The van der Waals surface area contributed by atoms with Crippen molar-refractivity contribution in [3.63, 3.8) is 0 Å². The summed E-state index contributed by atoms with van der Waals surface area (Å²) in [5.41, 5.74) is -0.629. The van der Waals surface area contributed by atoms with Crippen LogP contribution < -0.4 is 20.7 Å². The van der Waals surface area contributed by atoms with Crippen molar-refractivity contribution >= 4 is 52.5 Å². The normalized spacial score (nSPS) is 10.8. The first-order valence-corrected chi connectivity index (χ1v) is 11.0. The molecule has 0 aliphatic heterocycles. The first kappa shape index (κ1) is 27.7. The number of nitro benzene ring substituents is 1. The number of amides is 3. The molecule has 0 bridgehead atoms. The summed E-state index contributed by atoms with van der Waals surface area (Å²) in [6.07, 6.45) is -0.602. The minimum atomic E-state index is -0.636. The first-order valence-electron chi connectivity index (χ1n) is 10.3. The molecule has 2 rings (SSSR count). The number of carbonyl (C=O) groups is 3. The molecule has 0 saturated heterocycles. The van der Waals surface area contributed by atoms with Crippen molar-refractivity contribution in [2.24, 2.45) is 0 Å². The van der Waals surface area contributed by atoms with Crippen LogP contribution in [0.1, 0.15) is 31.1 Å². The summed E-state index contributed by atoms with van der Waals surface area (Å²) in [4.78, 5) is 46.7. The minimum absolute atomic E-state index is 0.0237.